The Morgan fingerprint density at radius 1 is 1.32 bits per heavy atom. The molecule has 4 rings (SSSR count). The topological polar surface area (TPSA) is 99.0 Å². The highest BCUT2D eigenvalue weighted by atomic mass is 16.5. The van der Waals surface area contributed by atoms with Crippen LogP contribution in [0.3, 0.4) is 0 Å². The molecule has 0 bridgehead atoms. The molecule has 0 amide bonds. The molecule has 6 heteroatoms. The van der Waals surface area contributed by atoms with Gasteiger partial charge in [0.15, 0.2) is 5.76 Å². The summed E-state index contributed by atoms with van der Waals surface area (Å²) in [5.41, 5.74) is 2.14. The third-order valence-electron chi connectivity index (χ3n) is 4.08. The summed E-state index contributed by atoms with van der Waals surface area (Å²) < 4.78 is 11.2. The maximum absolute atomic E-state index is 10.5. The largest absolute Gasteiger partial charge is 0.509 e. The quantitative estimate of drug-likeness (QED) is 0.895. The fraction of sp³-hybridized carbons (Fsp3) is 0.158. The highest BCUT2D eigenvalue weighted by Gasteiger charge is 2.31. The predicted molar refractivity (Wildman–Crippen MR) is 92.1 cm³/mol. The van der Waals surface area contributed by atoms with Gasteiger partial charge in [-0.3, -0.25) is 0 Å². The number of hydrogen-bond acceptors (Lipinski definition) is 6. The van der Waals surface area contributed by atoms with Crippen LogP contribution in [-0.2, 0) is 0 Å². The molecule has 1 aliphatic heterocycles. The molecule has 25 heavy (non-hydrogen) atoms. The van der Waals surface area contributed by atoms with Crippen molar-refractivity contribution in [3.63, 3.8) is 0 Å². The number of furan rings is 1. The number of fused-ring (bicyclic) bond motifs is 2. The van der Waals surface area contributed by atoms with Crippen molar-refractivity contribution >= 4 is 22.4 Å². The Labute approximate surface area is 143 Å². The van der Waals surface area contributed by atoms with Crippen molar-refractivity contribution in [3.8, 4) is 11.8 Å². The summed E-state index contributed by atoms with van der Waals surface area (Å²) in [6.07, 6.45) is 5.09. The Morgan fingerprint density at radius 3 is 3.00 bits per heavy atom. The lowest BCUT2D eigenvalue weighted by Crippen LogP contribution is -2.11. The summed E-state index contributed by atoms with van der Waals surface area (Å²) in [5.74, 6) is 0.844. The van der Waals surface area contributed by atoms with Gasteiger partial charge in [0.25, 0.3) is 0 Å². The smallest absolute Gasteiger partial charge is 0.157 e. The molecule has 1 aromatic carbocycles. The van der Waals surface area contributed by atoms with Crippen molar-refractivity contribution in [3.05, 3.63) is 59.6 Å². The molecule has 0 radical (unpaired) electrons. The zero-order chi connectivity index (χ0) is 17.4. The molecule has 2 aromatic rings. The highest BCUT2D eigenvalue weighted by molar-refractivity contribution is 6.09. The molecule has 1 unspecified atom stereocenters. The van der Waals surface area contributed by atoms with E-state index in [1.807, 2.05) is 0 Å². The van der Waals surface area contributed by atoms with Crippen molar-refractivity contribution in [2.24, 2.45) is 10.9 Å². The van der Waals surface area contributed by atoms with E-state index < -0.39 is 0 Å². The van der Waals surface area contributed by atoms with E-state index in [-0.39, 0.29) is 24.9 Å². The molecule has 1 atom stereocenters. The van der Waals surface area contributed by atoms with E-state index in [1.165, 1.54) is 0 Å². The van der Waals surface area contributed by atoms with Crippen LogP contribution in [0.5, 0.6) is 5.75 Å². The Kier molecular flexibility index (Phi) is 3.64. The normalized spacial score (nSPS) is 18.8. The zero-order valence-corrected chi connectivity index (χ0v) is 13.1. The number of nitrogens with zero attached hydrogens (tertiary/aromatic N) is 2. The summed E-state index contributed by atoms with van der Waals surface area (Å²) in [6, 6.07) is 9.18. The van der Waals surface area contributed by atoms with Gasteiger partial charge < -0.3 is 19.4 Å². The van der Waals surface area contributed by atoms with Crippen LogP contribution in [0, 0.1) is 17.2 Å². The van der Waals surface area contributed by atoms with Crippen molar-refractivity contribution in [2.45, 2.75) is 0 Å². The number of aliphatic imine (C=N–C) groups is 1. The molecule has 1 aromatic heterocycles. The van der Waals surface area contributed by atoms with Gasteiger partial charge in [0.2, 0.25) is 0 Å². The Hall–Kier alpha value is -3.30. The van der Waals surface area contributed by atoms with Gasteiger partial charge in [-0.1, -0.05) is 6.08 Å². The van der Waals surface area contributed by atoms with Crippen LogP contribution in [0.15, 0.2) is 63.2 Å². The third kappa shape index (κ3) is 2.61. The summed E-state index contributed by atoms with van der Waals surface area (Å²) in [7, 11) is 0. The molecule has 1 aliphatic carbocycles. The second kappa shape index (κ2) is 5.96. The lowest BCUT2D eigenvalue weighted by Gasteiger charge is -2.09. The summed E-state index contributed by atoms with van der Waals surface area (Å²) in [4.78, 5) is 4.44. The van der Waals surface area contributed by atoms with E-state index in [4.69, 9.17) is 19.5 Å². The van der Waals surface area contributed by atoms with Crippen molar-refractivity contribution in [2.75, 3.05) is 13.2 Å². The average Bonchev–Trinajstić information content (AvgIpc) is 3.20. The molecular formula is C19H14N2O4. The molecule has 0 fully saturated rings. The molecule has 2 N–H and O–H groups in total. The van der Waals surface area contributed by atoms with Crippen molar-refractivity contribution in [1.82, 2.24) is 0 Å². The van der Waals surface area contributed by atoms with E-state index in [2.05, 4.69) is 11.1 Å². The van der Waals surface area contributed by atoms with E-state index in [0.29, 0.717) is 34.1 Å². The Balaban J connectivity index is 1.71. The molecule has 124 valence electrons. The van der Waals surface area contributed by atoms with Crippen LogP contribution < -0.4 is 4.74 Å². The first-order chi connectivity index (χ1) is 12.2. The summed E-state index contributed by atoms with van der Waals surface area (Å²) in [6.45, 7) is 0.164. The standard InChI is InChI=1S/C19H14N2O4/c20-10-11-1-3-14-15(7-11)21-18(19(14)23)17-9-12-8-13(24-6-5-22)2-4-16(12)25-17/h1-4,7-9,14,22-23H,5-6H2. The first-order valence-corrected chi connectivity index (χ1v) is 7.79. The summed E-state index contributed by atoms with van der Waals surface area (Å²) >= 11 is 0. The number of hydrogen-bond donors (Lipinski definition) is 2. The van der Waals surface area contributed by atoms with Crippen LogP contribution in [0.4, 0.5) is 0 Å². The zero-order valence-electron chi connectivity index (χ0n) is 13.1. The van der Waals surface area contributed by atoms with Gasteiger partial charge >= 0.3 is 0 Å². The van der Waals surface area contributed by atoms with E-state index >= 15 is 0 Å². The molecule has 0 saturated carbocycles. The fourth-order valence-electron chi connectivity index (χ4n) is 2.90. The number of aliphatic hydroxyl groups is 2. The summed E-state index contributed by atoms with van der Waals surface area (Å²) in [5, 5.41) is 29.1. The SMILES string of the molecule is N#CC1=CC2=NC(c3cc4cc(OCCO)ccc4o3)=C(O)C2C=C1. The van der Waals surface area contributed by atoms with Crippen LogP contribution in [0.25, 0.3) is 16.7 Å². The monoisotopic (exact) mass is 334 g/mol. The van der Waals surface area contributed by atoms with Crippen LogP contribution in [0.2, 0.25) is 0 Å². The number of ether oxygens (including phenoxy) is 1. The van der Waals surface area contributed by atoms with Gasteiger partial charge in [0.05, 0.1) is 29.9 Å². The van der Waals surface area contributed by atoms with Gasteiger partial charge in [-0.2, -0.15) is 5.26 Å². The first kappa shape index (κ1) is 15.2. The van der Waals surface area contributed by atoms with Gasteiger partial charge in [0, 0.05) is 5.39 Å². The average molecular weight is 334 g/mol. The predicted octanol–water partition coefficient (Wildman–Crippen LogP) is 3.12. The van der Waals surface area contributed by atoms with Gasteiger partial charge in [-0.05, 0) is 36.4 Å². The maximum Gasteiger partial charge on any atom is 0.157 e. The molecule has 2 aliphatic rings. The van der Waals surface area contributed by atoms with Gasteiger partial charge in [-0.25, -0.2) is 4.99 Å². The lowest BCUT2D eigenvalue weighted by atomic mass is 9.94. The number of aliphatic hydroxyl groups excluding tert-OH is 2. The molecule has 2 heterocycles. The van der Waals surface area contributed by atoms with Gasteiger partial charge in [0.1, 0.15) is 29.4 Å². The number of rotatable bonds is 4. The third-order valence-corrected chi connectivity index (χ3v) is 4.08. The Bertz CT molecular complexity index is 1020. The highest BCUT2D eigenvalue weighted by Crippen LogP contribution is 2.37. The number of allylic oxidation sites excluding steroid dienone is 4. The number of benzene rings is 1. The van der Waals surface area contributed by atoms with E-state index in [9.17, 15) is 5.11 Å². The second-order valence-electron chi connectivity index (χ2n) is 5.70. The van der Waals surface area contributed by atoms with E-state index in [0.717, 1.165) is 5.39 Å². The molecule has 0 spiro atoms. The minimum absolute atomic E-state index is 0.0555. The number of nitriles is 1. The van der Waals surface area contributed by atoms with E-state index in [1.54, 1.807) is 42.5 Å². The fourth-order valence-corrected chi connectivity index (χ4v) is 2.90. The minimum Gasteiger partial charge on any atom is -0.509 e. The van der Waals surface area contributed by atoms with Crippen molar-refractivity contribution < 1.29 is 19.4 Å². The molecule has 0 saturated heterocycles. The Morgan fingerprint density at radius 2 is 2.20 bits per heavy atom. The van der Waals surface area contributed by atoms with Gasteiger partial charge in [-0.15, -0.1) is 0 Å². The van der Waals surface area contributed by atoms with Crippen LogP contribution in [0.1, 0.15) is 5.76 Å². The molecular weight excluding hydrogens is 320 g/mol. The minimum atomic E-state index is -0.344. The maximum atomic E-state index is 10.5. The second-order valence-corrected chi connectivity index (χ2v) is 5.70. The molecule has 6 nitrogen and oxygen atoms in total. The lowest BCUT2D eigenvalue weighted by molar-refractivity contribution is 0.201. The van der Waals surface area contributed by atoms with Crippen LogP contribution >= 0.6 is 0 Å². The van der Waals surface area contributed by atoms with Crippen molar-refractivity contribution in [1.29, 1.82) is 5.26 Å². The first-order valence-electron chi connectivity index (χ1n) is 7.79. The van der Waals surface area contributed by atoms with Crippen LogP contribution in [-0.4, -0.2) is 29.1 Å².